The fourth-order valence-electron chi connectivity index (χ4n) is 2.84. The van der Waals surface area contributed by atoms with Crippen molar-refractivity contribution in [1.29, 1.82) is 0 Å². The number of rotatable bonds is 7. The lowest BCUT2D eigenvalue weighted by molar-refractivity contribution is 0.0226. The van der Waals surface area contributed by atoms with Crippen LogP contribution in [0.1, 0.15) is 46.5 Å². The normalized spacial score (nSPS) is 18.4. The summed E-state index contributed by atoms with van der Waals surface area (Å²) in [5.74, 6) is 0. The maximum Gasteiger partial charge on any atom is 0.410 e. The summed E-state index contributed by atoms with van der Waals surface area (Å²) in [6, 6.07) is 0.262. The Labute approximate surface area is 139 Å². The van der Waals surface area contributed by atoms with E-state index in [0.717, 1.165) is 51.9 Å². The number of unbranched alkanes of at least 4 members (excludes halogenated alkanes) is 1. The van der Waals surface area contributed by atoms with Crippen LogP contribution in [0.4, 0.5) is 4.79 Å². The summed E-state index contributed by atoms with van der Waals surface area (Å²) in [4.78, 5) is 18.1. The van der Waals surface area contributed by atoms with E-state index in [2.05, 4.69) is 14.9 Å². The van der Waals surface area contributed by atoms with Gasteiger partial charge in [0.2, 0.25) is 0 Å². The second-order valence-electron chi connectivity index (χ2n) is 7.18. The van der Waals surface area contributed by atoms with Crippen LogP contribution in [0.3, 0.4) is 0 Å². The summed E-state index contributed by atoms with van der Waals surface area (Å²) in [5, 5.41) is 3.48. The monoisotopic (exact) mass is 322 g/mol. The van der Waals surface area contributed by atoms with Crippen molar-refractivity contribution >= 4 is 6.09 Å². The first kappa shape index (κ1) is 17.8. The molecule has 130 valence electrons. The number of likely N-dealkylation sites (tertiary alicyclic amines) is 1. The lowest BCUT2D eigenvalue weighted by Gasteiger charge is -2.28. The van der Waals surface area contributed by atoms with Crippen molar-refractivity contribution in [2.75, 3.05) is 19.6 Å². The van der Waals surface area contributed by atoms with Crippen molar-refractivity contribution in [2.24, 2.45) is 0 Å². The van der Waals surface area contributed by atoms with Crippen molar-refractivity contribution in [1.82, 2.24) is 19.8 Å². The predicted octanol–water partition coefficient (Wildman–Crippen LogP) is 2.65. The van der Waals surface area contributed by atoms with Gasteiger partial charge in [0.1, 0.15) is 5.60 Å². The number of aryl methyl sites for hydroxylation is 1. The smallest absolute Gasteiger partial charge is 0.410 e. The minimum atomic E-state index is -0.426. The van der Waals surface area contributed by atoms with Gasteiger partial charge in [0.25, 0.3) is 0 Å². The minimum absolute atomic E-state index is 0.179. The fourth-order valence-corrected chi connectivity index (χ4v) is 2.84. The molecule has 1 aliphatic rings. The molecule has 1 amide bonds. The van der Waals surface area contributed by atoms with E-state index in [1.165, 1.54) is 0 Å². The predicted molar refractivity (Wildman–Crippen MR) is 90.3 cm³/mol. The molecule has 1 N–H and O–H groups in total. The topological polar surface area (TPSA) is 59.4 Å². The van der Waals surface area contributed by atoms with Gasteiger partial charge in [0.15, 0.2) is 0 Å². The van der Waals surface area contributed by atoms with Gasteiger partial charge < -0.3 is 19.5 Å². The van der Waals surface area contributed by atoms with Crippen molar-refractivity contribution in [3.63, 3.8) is 0 Å². The van der Waals surface area contributed by atoms with Gasteiger partial charge in [-0.25, -0.2) is 9.78 Å². The Bertz CT molecular complexity index is 467. The number of imidazole rings is 1. The fraction of sp³-hybridized carbons (Fsp3) is 0.765. The van der Waals surface area contributed by atoms with Crippen LogP contribution in [0.25, 0.3) is 0 Å². The molecular weight excluding hydrogens is 292 g/mol. The highest BCUT2D eigenvalue weighted by atomic mass is 16.6. The van der Waals surface area contributed by atoms with Crippen LogP contribution >= 0.6 is 0 Å². The SMILES string of the molecule is CC(C)(C)OC(=O)N1CCCC1CNCCCCn1ccnc1. The Morgan fingerprint density at radius 2 is 2.22 bits per heavy atom. The van der Waals surface area contributed by atoms with Crippen LogP contribution in [-0.2, 0) is 11.3 Å². The zero-order chi connectivity index (χ0) is 16.7. The van der Waals surface area contributed by atoms with E-state index in [1.54, 1.807) is 0 Å². The lowest BCUT2D eigenvalue weighted by atomic mass is 10.2. The van der Waals surface area contributed by atoms with Gasteiger partial charge in [0, 0.05) is 38.1 Å². The van der Waals surface area contributed by atoms with Crippen LogP contribution in [0.5, 0.6) is 0 Å². The molecule has 1 fully saturated rings. The van der Waals surface area contributed by atoms with E-state index < -0.39 is 5.60 Å². The highest BCUT2D eigenvalue weighted by Gasteiger charge is 2.31. The summed E-state index contributed by atoms with van der Waals surface area (Å²) in [6.45, 7) is 9.38. The Morgan fingerprint density at radius 3 is 2.91 bits per heavy atom. The molecule has 6 heteroatoms. The molecule has 0 saturated carbocycles. The molecule has 0 radical (unpaired) electrons. The van der Waals surface area contributed by atoms with Crippen LogP contribution in [0.2, 0.25) is 0 Å². The number of nitrogens with zero attached hydrogens (tertiary/aromatic N) is 3. The van der Waals surface area contributed by atoms with Crippen molar-refractivity contribution in [2.45, 2.75) is 64.6 Å². The summed E-state index contributed by atoms with van der Waals surface area (Å²) < 4.78 is 7.59. The molecule has 1 aromatic heterocycles. The van der Waals surface area contributed by atoms with Gasteiger partial charge in [0.05, 0.1) is 6.33 Å². The van der Waals surface area contributed by atoms with Gasteiger partial charge in [-0.2, -0.15) is 0 Å². The number of nitrogens with one attached hydrogen (secondary N) is 1. The number of amides is 1. The standard InChI is InChI=1S/C17H30N4O2/c1-17(2,3)23-16(22)21-11-6-7-15(21)13-18-8-4-5-10-20-12-9-19-14-20/h9,12,14-15,18H,4-8,10-11,13H2,1-3H3. The Balaban J connectivity index is 1.61. The van der Waals surface area contributed by atoms with Gasteiger partial charge in [-0.15, -0.1) is 0 Å². The molecular formula is C17H30N4O2. The first-order valence-corrected chi connectivity index (χ1v) is 8.62. The van der Waals surface area contributed by atoms with E-state index in [1.807, 2.05) is 44.4 Å². The van der Waals surface area contributed by atoms with Gasteiger partial charge in [-0.05, 0) is 53.0 Å². The van der Waals surface area contributed by atoms with Crippen LogP contribution in [0.15, 0.2) is 18.7 Å². The molecule has 1 aromatic rings. The highest BCUT2D eigenvalue weighted by molar-refractivity contribution is 5.69. The summed E-state index contributed by atoms with van der Waals surface area (Å²) in [7, 11) is 0. The second-order valence-corrected chi connectivity index (χ2v) is 7.18. The maximum absolute atomic E-state index is 12.2. The first-order chi connectivity index (χ1) is 11.0. The Kier molecular flexibility index (Phi) is 6.45. The Morgan fingerprint density at radius 1 is 1.39 bits per heavy atom. The van der Waals surface area contributed by atoms with Gasteiger partial charge in [-0.3, -0.25) is 0 Å². The number of hydrogen-bond donors (Lipinski definition) is 1. The van der Waals surface area contributed by atoms with E-state index in [0.29, 0.717) is 0 Å². The number of ether oxygens (including phenoxy) is 1. The van der Waals surface area contributed by atoms with E-state index in [-0.39, 0.29) is 12.1 Å². The molecule has 0 aromatic carbocycles. The quantitative estimate of drug-likeness (QED) is 0.784. The first-order valence-electron chi connectivity index (χ1n) is 8.62. The third-order valence-electron chi connectivity index (χ3n) is 3.96. The van der Waals surface area contributed by atoms with Crippen LogP contribution < -0.4 is 5.32 Å². The van der Waals surface area contributed by atoms with Crippen LogP contribution in [0, 0.1) is 0 Å². The number of carbonyl (C=O) groups excluding carboxylic acids is 1. The molecule has 1 saturated heterocycles. The Hall–Kier alpha value is -1.56. The molecule has 0 bridgehead atoms. The molecule has 0 spiro atoms. The lowest BCUT2D eigenvalue weighted by Crippen LogP contribution is -2.44. The van der Waals surface area contributed by atoms with Crippen molar-refractivity contribution < 1.29 is 9.53 Å². The molecule has 1 atom stereocenters. The highest BCUT2D eigenvalue weighted by Crippen LogP contribution is 2.20. The van der Waals surface area contributed by atoms with E-state index >= 15 is 0 Å². The molecule has 2 rings (SSSR count). The average Bonchev–Trinajstić information content (AvgIpc) is 3.12. The summed E-state index contributed by atoms with van der Waals surface area (Å²) in [6.07, 6.45) is 9.84. The largest absolute Gasteiger partial charge is 0.444 e. The van der Waals surface area contributed by atoms with Gasteiger partial charge in [-0.1, -0.05) is 0 Å². The molecule has 1 unspecified atom stereocenters. The van der Waals surface area contributed by atoms with Crippen molar-refractivity contribution in [3.05, 3.63) is 18.7 Å². The van der Waals surface area contributed by atoms with E-state index in [4.69, 9.17) is 4.74 Å². The minimum Gasteiger partial charge on any atom is -0.444 e. The van der Waals surface area contributed by atoms with Gasteiger partial charge >= 0.3 is 6.09 Å². The maximum atomic E-state index is 12.2. The van der Waals surface area contributed by atoms with E-state index in [9.17, 15) is 4.79 Å². The zero-order valence-electron chi connectivity index (χ0n) is 14.6. The van der Waals surface area contributed by atoms with Crippen LogP contribution in [-0.4, -0.2) is 51.8 Å². The number of hydrogen-bond acceptors (Lipinski definition) is 4. The zero-order valence-corrected chi connectivity index (χ0v) is 14.6. The number of aromatic nitrogens is 2. The van der Waals surface area contributed by atoms with Crippen molar-refractivity contribution in [3.8, 4) is 0 Å². The third kappa shape index (κ3) is 6.22. The molecule has 1 aliphatic heterocycles. The number of carbonyl (C=O) groups is 1. The molecule has 6 nitrogen and oxygen atoms in total. The molecule has 2 heterocycles. The second kappa shape index (κ2) is 8.34. The molecule has 0 aliphatic carbocycles. The third-order valence-corrected chi connectivity index (χ3v) is 3.96. The summed E-state index contributed by atoms with van der Waals surface area (Å²) in [5.41, 5.74) is -0.426. The molecule has 23 heavy (non-hydrogen) atoms. The average molecular weight is 322 g/mol. The summed E-state index contributed by atoms with van der Waals surface area (Å²) >= 11 is 0.